The standard InChI is InChI=1S/C15H19NO2S/c1-10-3-6-13(11(2)7-10)14(17)8-19-9-15(18)16-12-4-5-12/h3,6-7,12H,4-5,8-9H2,1-2H3,(H,16,18). The number of rotatable bonds is 6. The molecule has 1 amide bonds. The van der Waals surface area contributed by atoms with Crippen LogP contribution in [-0.2, 0) is 4.79 Å². The number of Topliss-reactive ketones (excluding diaryl/α,β-unsaturated/α-hetero) is 1. The van der Waals surface area contributed by atoms with Gasteiger partial charge < -0.3 is 5.32 Å². The van der Waals surface area contributed by atoms with E-state index in [0.29, 0.717) is 17.5 Å². The van der Waals surface area contributed by atoms with E-state index in [9.17, 15) is 9.59 Å². The van der Waals surface area contributed by atoms with Crippen molar-refractivity contribution < 1.29 is 9.59 Å². The zero-order valence-electron chi connectivity index (χ0n) is 11.4. The van der Waals surface area contributed by atoms with Crippen molar-refractivity contribution in [1.29, 1.82) is 0 Å². The Morgan fingerprint density at radius 3 is 2.63 bits per heavy atom. The zero-order valence-corrected chi connectivity index (χ0v) is 12.2. The van der Waals surface area contributed by atoms with Gasteiger partial charge >= 0.3 is 0 Å². The van der Waals surface area contributed by atoms with Gasteiger partial charge in [0, 0.05) is 11.6 Å². The highest BCUT2D eigenvalue weighted by Crippen LogP contribution is 2.19. The van der Waals surface area contributed by atoms with Gasteiger partial charge in [-0.15, -0.1) is 11.8 Å². The van der Waals surface area contributed by atoms with Crippen LogP contribution in [0.15, 0.2) is 18.2 Å². The Labute approximate surface area is 118 Å². The molecule has 102 valence electrons. The van der Waals surface area contributed by atoms with E-state index in [1.54, 1.807) is 0 Å². The van der Waals surface area contributed by atoms with E-state index in [1.165, 1.54) is 11.8 Å². The molecule has 4 heteroatoms. The van der Waals surface area contributed by atoms with Gasteiger partial charge in [0.25, 0.3) is 0 Å². The summed E-state index contributed by atoms with van der Waals surface area (Å²) in [6.45, 7) is 3.96. The van der Waals surface area contributed by atoms with E-state index >= 15 is 0 Å². The maximum Gasteiger partial charge on any atom is 0.230 e. The van der Waals surface area contributed by atoms with Gasteiger partial charge in [0.05, 0.1) is 11.5 Å². The first-order valence-electron chi connectivity index (χ1n) is 6.54. The minimum atomic E-state index is 0.0425. The molecule has 0 atom stereocenters. The number of benzene rings is 1. The summed E-state index contributed by atoms with van der Waals surface area (Å²) in [4.78, 5) is 23.5. The fourth-order valence-corrected chi connectivity index (χ4v) is 2.65. The first-order valence-corrected chi connectivity index (χ1v) is 7.69. The van der Waals surface area contributed by atoms with E-state index in [2.05, 4.69) is 5.32 Å². The smallest absolute Gasteiger partial charge is 0.230 e. The van der Waals surface area contributed by atoms with Crippen LogP contribution in [0.5, 0.6) is 0 Å². The summed E-state index contributed by atoms with van der Waals surface area (Å²) in [5.41, 5.74) is 2.93. The van der Waals surface area contributed by atoms with Gasteiger partial charge in [-0.25, -0.2) is 0 Å². The molecule has 19 heavy (non-hydrogen) atoms. The van der Waals surface area contributed by atoms with Gasteiger partial charge in [-0.2, -0.15) is 0 Å². The third kappa shape index (κ3) is 4.39. The number of hydrogen-bond donors (Lipinski definition) is 1. The third-order valence-corrected chi connectivity index (χ3v) is 4.02. The Morgan fingerprint density at radius 1 is 1.26 bits per heavy atom. The van der Waals surface area contributed by atoms with Gasteiger partial charge in [-0.1, -0.05) is 23.8 Å². The Balaban J connectivity index is 1.78. The monoisotopic (exact) mass is 277 g/mol. The number of nitrogens with one attached hydrogen (secondary N) is 1. The van der Waals surface area contributed by atoms with Crippen molar-refractivity contribution in [3.8, 4) is 0 Å². The molecule has 0 aromatic heterocycles. The molecule has 1 aromatic carbocycles. The van der Waals surface area contributed by atoms with Crippen LogP contribution < -0.4 is 5.32 Å². The average Bonchev–Trinajstić information content (AvgIpc) is 3.12. The molecule has 0 spiro atoms. The molecule has 0 heterocycles. The highest BCUT2D eigenvalue weighted by atomic mass is 32.2. The van der Waals surface area contributed by atoms with E-state index in [0.717, 1.165) is 29.5 Å². The summed E-state index contributed by atoms with van der Waals surface area (Å²) in [6, 6.07) is 6.23. The van der Waals surface area contributed by atoms with Gasteiger partial charge in [-0.05, 0) is 32.3 Å². The lowest BCUT2D eigenvalue weighted by Crippen LogP contribution is -2.27. The van der Waals surface area contributed by atoms with Crippen LogP contribution >= 0.6 is 11.8 Å². The molecule has 1 saturated carbocycles. The number of amides is 1. The van der Waals surface area contributed by atoms with Gasteiger partial charge in [0.15, 0.2) is 5.78 Å². The second-order valence-corrected chi connectivity index (χ2v) is 6.06. The summed E-state index contributed by atoms with van der Waals surface area (Å²) in [6.07, 6.45) is 2.19. The van der Waals surface area contributed by atoms with E-state index in [-0.39, 0.29) is 11.7 Å². The van der Waals surface area contributed by atoms with Crippen LogP contribution in [0.3, 0.4) is 0 Å². The first kappa shape index (κ1) is 14.1. The normalized spacial score (nSPS) is 14.2. The van der Waals surface area contributed by atoms with Crippen molar-refractivity contribution in [2.45, 2.75) is 32.7 Å². The van der Waals surface area contributed by atoms with Crippen LogP contribution in [0.4, 0.5) is 0 Å². The topological polar surface area (TPSA) is 46.2 Å². The van der Waals surface area contributed by atoms with Crippen LogP contribution in [0.25, 0.3) is 0 Å². The number of carbonyl (C=O) groups is 2. The summed E-state index contributed by atoms with van der Waals surface area (Å²) in [7, 11) is 0. The minimum absolute atomic E-state index is 0.0425. The molecule has 0 bridgehead atoms. The van der Waals surface area contributed by atoms with Crippen molar-refractivity contribution in [1.82, 2.24) is 5.32 Å². The molecule has 0 aliphatic heterocycles. The molecule has 3 nitrogen and oxygen atoms in total. The molecule has 0 saturated heterocycles. The maximum absolute atomic E-state index is 12.0. The minimum Gasteiger partial charge on any atom is -0.353 e. The summed E-state index contributed by atoms with van der Waals surface area (Å²) >= 11 is 1.39. The number of thioether (sulfide) groups is 1. The molecule has 1 aliphatic rings. The van der Waals surface area contributed by atoms with Crippen molar-refractivity contribution in [3.05, 3.63) is 34.9 Å². The predicted octanol–water partition coefficient (Wildman–Crippen LogP) is 2.50. The lowest BCUT2D eigenvalue weighted by molar-refractivity contribution is -0.118. The van der Waals surface area contributed by atoms with Crippen LogP contribution in [0.1, 0.15) is 34.3 Å². The quantitative estimate of drug-likeness (QED) is 0.813. The molecule has 1 fully saturated rings. The lowest BCUT2D eigenvalue weighted by Gasteiger charge is -2.06. The number of aryl methyl sites for hydroxylation is 2. The van der Waals surface area contributed by atoms with Crippen LogP contribution in [0, 0.1) is 13.8 Å². The highest BCUT2D eigenvalue weighted by molar-refractivity contribution is 8.00. The lowest BCUT2D eigenvalue weighted by atomic mass is 10.0. The van der Waals surface area contributed by atoms with E-state index in [4.69, 9.17) is 0 Å². The van der Waals surface area contributed by atoms with Crippen LogP contribution in [-0.4, -0.2) is 29.2 Å². The molecule has 0 unspecified atom stereocenters. The Hall–Kier alpha value is -1.29. The number of ketones is 1. The van der Waals surface area contributed by atoms with E-state index in [1.807, 2.05) is 32.0 Å². The van der Waals surface area contributed by atoms with Crippen molar-refractivity contribution in [3.63, 3.8) is 0 Å². The maximum atomic E-state index is 12.0. The van der Waals surface area contributed by atoms with Gasteiger partial charge in [-0.3, -0.25) is 9.59 Å². The Bertz CT molecular complexity index is 495. The number of hydrogen-bond acceptors (Lipinski definition) is 3. The van der Waals surface area contributed by atoms with Crippen molar-refractivity contribution in [2.75, 3.05) is 11.5 Å². The predicted molar refractivity (Wildman–Crippen MR) is 78.7 cm³/mol. The van der Waals surface area contributed by atoms with Crippen LogP contribution in [0.2, 0.25) is 0 Å². The summed E-state index contributed by atoms with van der Waals surface area (Å²) in [5.74, 6) is 0.873. The SMILES string of the molecule is Cc1ccc(C(=O)CSCC(=O)NC2CC2)c(C)c1. The summed E-state index contributed by atoms with van der Waals surface area (Å²) < 4.78 is 0. The highest BCUT2D eigenvalue weighted by Gasteiger charge is 2.23. The fraction of sp³-hybridized carbons (Fsp3) is 0.467. The molecule has 2 rings (SSSR count). The third-order valence-electron chi connectivity index (χ3n) is 3.09. The molecular formula is C15H19NO2S. The zero-order chi connectivity index (χ0) is 13.8. The second-order valence-electron chi connectivity index (χ2n) is 5.08. The summed E-state index contributed by atoms with van der Waals surface area (Å²) in [5, 5.41) is 2.92. The largest absolute Gasteiger partial charge is 0.353 e. The van der Waals surface area contributed by atoms with Crippen molar-refractivity contribution >= 4 is 23.5 Å². The average molecular weight is 277 g/mol. The Morgan fingerprint density at radius 2 is 2.00 bits per heavy atom. The van der Waals surface area contributed by atoms with Crippen molar-refractivity contribution in [2.24, 2.45) is 0 Å². The second kappa shape index (κ2) is 6.24. The van der Waals surface area contributed by atoms with Gasteiger partial charge in [0.2, 0.25) is 5.91 Å². The number of carbonyl (C=O) groups excluding carboxylic acids is 2. The molecule has 0 radical (unpaired) electrons. The molecule has 1 aromatic rings. The Kier molecular flexibility index (Phi) is 4.64. The van der Waals surface area contributed by atoms with Gasteiger partial charge in [0.1, 0.15) is 0 Å². The first-order chi connectivity index (χ1) is 9.06. The molecule has 1 aliphatic carbocycles. The molecular weight excluding hydrogens is 258 g/mol. The fourth-order valence-electron chi connectivity index (χ4n) is 1.94. The molecule has 1 N–H and O–H groups in total. The van der Waals surface area contributed by atoms with E-state index < -0.39 is 0 Å².